The lowest BCUT2D eigenvalue weighted by Crippen LogP contribution is -2.34. The van der Waals surface area contributed by atoms with Crippen molar-refractivity contribution in [2.45, 2.75) is 18.9 Å². The Kier molecular flexibility index (Phi) is 4.45. The molecule has 1 fully saturated rings. The van der Waals surface area contributed by atoms with Crippen LogP contribution in [0.4, 0.5) is 4.79 Å². The van der Waals surface area contributed by atoms with Gasteiger partial charge in [0.15, 0.2) is 0 Å². The molecule has 1 aliphatic rings. The molecule has 24 heavy (non-hydrogen) atoms. The highest BCUT2D eigenvalue weighted by molar-refractivity contribution is 5.77. The van der Waals surface area contributed by atoms with Crippen LogP contribution >= 0.6 is 0 Å². The fourth-order valence-corrected chi connectivity index (χ4v) is 2.54. The number of hydrogen-bond donors (Lipinski definition) is 2. The minimum Gasteiger partial charge on any atom is -0.442 e. The predicted molar refractivity (Wildman–Crippen MR) is 86.6 cm³/mol. The Bertz CT molecular complexity index is 832. The van der Waals surface area contributed by atoms with Crippen molar-refractivity contribution in [2.75, 3.05) is 20.1 Å². The summed E-state index contributed by atoms with van der Waals surface area (Å²) in [5, 5.41) is 2.71. The van der Waals surface area contributed by atoms with Crippen LogP contribution in [-0.2, 0) is 16.0 Å². The van der Waals surface area contributed by atoms with Crippen molar-refractivity contribution >= 4 is 23.0 Å². The molecular weight excluding hydrogens is 312 g/mol. The van der Waals surface area contributed by atoms with Crippen LogP contribution in [0, 0.1) is 0 Å². The maximum absolute atomic E-state index is 12.0. The Morgan fingerprint density at radius 3 is 2.96 bits per heavy atom. The minimum absolute atomic E-state index is 0.144. The number of benzene rings is 1. The fourth-order valence-electron chi connectivity index (χ4n) is 2.54. The summed E-state index contributed by atoms with van der Waals surface area (Å²) in [5.74, 6) is -0.213. The van der Waals surface area contributed by atoms with Gasteiger partial charge in [-0.15, -0.1) is 0 Å². The molecule has 8 heteroatoms. The Hall–Kier alpha value is -2.90. The van der Waals surface area contributed by atoms with Gasteiger partial charge < -0.3 is 19.9 Å². The van der Waals surface area contributed by atoms with Gasteiger partial charge in [0.05, 0.1) is 24.1 Å². The van der Waals surface area contributed by atoms with Gasteiger partial charge in [0, 0.05) is 19.9 Å². The Labute approximate surface area is 137 Å². The predicted octanol–water partition coefficient (Wildman–Crippen LogP) is 0.422. The third kappa shape index (κ3) is 3.53. The van der Waals surface area contributed by atoms with Crippen molar-refractivity contribution in [3.05, 3.63) is 40.3 Å². The van der Waals surface area contributed by atoms with E-state index < -0.39 is 0 Å². The highest BCUT2D eigenvalue weighted by atomic mass is 16.6. The lowest BCUT2D eigenvalue weighted by Gasteiger charge is -2.09. The number of hydrogen-bond acceptors (Lipinski definition) is 5. The van der Waals surface area contributed by atoms with Crippen molar-refractivity contribution in [2.24, 2.45) is 0 Å². The van der Waals surface area contributed by atoms with Crippen LogP contribution in [0.25, 0.3) is 11.0 Å². The summed E-state index contributed by atoms with van der Waals surface area (Å²) in [4.78, 5) is 43.6. The molecule has 126 valence electrons. The van der Waals surface area contributed by atoms with Crippen LogP contribution in [0.5, 0.6) is 0 Å². The van der Waals surface area contributed by atoms with Gasteiger partial charge >= 0.3 is 6.09 Å². The standard InChI is InChI=1S/C16H18N4O4/c1-20-9-10(24-16(20)23)8-17-14(21)7-6-13-15(22)19-12-5-3-2-4-11(12)18-13/h2-5,10H,6-9H2,1H3,(H,17,21)(H,19,22). The first-order chi connectivity index (χ1) is 11.5. The molecule has 1 saturated heterocycles. The second-order valence-electron chi connectivity index (χ2n) is 5.72. The van der Waals surface area contributed by atoms with E-state index >= 15 is 0 Å². The van der Waals surface area contributed by atoms with Gasteiger partial charge in [-0.3, -0.25) is 9.59 Å². The molecule has 2 heterocycles. The zero-order valence-electron chi connectivity index (χ0n) is 13.2. The summed E-state index contributed by atoms with van der Waals surface area (Å²) < 4.78 is 5.06. The Morgan fingerprint density at radius 2 is 2.21 bits per heavy atom. The molecule has 0 aliphatic carbocycles. The number of amides is 2. The molecule has 0 bridgehead atoms. The van der Waals surface area contributed by atoms with E-state index in [4.69, 9.17) is 4.74 Å². The van der Waals surface area contributed by atoms with Crippen molar-refractivity contribution in [3.8, 4) is 0 Å². The number of fused-ring (bicyclic) bond motifs is 1. The molecule has 2 N–H and O–H groups in total. The average Bonchev–Trinajstić information content (AvgIpc) is 2.89. The van der Waals surface area contributed by atoms with E-state index in [9.17, 15) is 14.4 Å². The molecule has 0 spiro atoms. The molecule has 1 atom stereocenters. The number of para-hydroxylation sites is 2. The summed E-state index contributed by atoms with van der Waals surface area (Å²) in [5.41, 5.74) is 1.40. The van der Waals surface area contributed by atoms with Crippen LogP contribution in [0.2, 0.25) is 0 Å². The number of ether oxygens (including phenoxy) is 1. The number of aromatic nitrogens is 2. The topological polar surface area (TPSA) is 104 Å². The molecule has 2 amide bonds. The smallest absolute Gasteiger partial charge is 0.410 e. The van der Waals surface area contributed by atoms with Gasteiger partial charge in [-0.25, -0.2) is 9.78 Å². The summed E-state index contributed by atoms with van der Waals surface area (Å²) in [6.45, 7) is 0.710. The van der Waals surface area contributed by atoms with E-state index in [1.807, 2.05) is 12.1 Å². The first-order valence-corrected chi connectivity index (χ1v) is 7.69. The molecule has 0 radical (unpaired) electrons. The maximum atomic E-state index is 12.0. The molecule has 8 nitrogen and oxygen atoms in total. The molecule has 1 unspecified atom stereocenters. The van der Waals surface area contributed by atoms with E-state index in [0.717, 1.165) is 0 Å². The van der Waals surface area contributed by atoms with Gasteiger partial charge in [-0.1, -0.05) is 12.1 Å². The third-order valence-corrected chi connectivity index (χ3v) is 3.84. The van der Waals surface area contributed by atoms with Crippen molar-refractivity contribution in [3.63, 3.8) is 0 Å². The molecule has 1 aromatic carbocycles. The second kappa shape index (κ2) is 6.69. The number of likely N-dealkylation sites (N-methyl/N-ethyl adjacent to an activating group) is 1. The number of cyclic esters (lactones) is 1. The van der Waals surface area contributed by atoms with Gasteiger partial charge in [-0.2, -0.15) is 0 Å². The molecule has 1 aromatic heterocycles. The largest absolute Gasteiger partial charge is 0.442 e. The highest BCUT2D eigenvalue weighted by Crippen LogP contribution is 2.08. The average molecular weight is 330 g/mol. The lowest BCUT2D eigenvalue weighted by molar-refractivity contribution is -0.121. The molecule has 1 aliphatic heterocycles. The molecule has 3 rings (SSSR count). The summed E-state index contributed by atoms with van der Waals surface area (Å²) in [6, 6.07) is 7.24. The number of H-pyrrole nitrogens is 1. The van der Waals surface area contributed by atoms with E-state index in [-0.39, 0.29) is 43.1 Å². The van der Waals surface area contributed by atoms with Crippen LogP contribution in [0.3, 0.4) is 0 Å². The van der Waals surface area contributed by atoms with E-state index in [2.05, 4.69) is 15.3 Å². The zero-order valence-corrected chi connectivity index (χ0v) is 13.2. The molecule has 0 saturated carbocycles. The number of aryl methyl sites for hydroxylation is 1. The lowest BCUT2D eigenvalue weighted by atomic mass is 10.2. The number of aromatic amines is 1. The number of nitrogens with one attached hydrogen (secondary N) is 2. The first kappa shape index (κ1) is 16.0. The monoisotopic (exact) mass is 330 g/mol. The Balaban J connectivity index is 1.54. The zero-order chi connectivity index (χ0) is 17.1. The van der Waals surface area contributed by atoms with Crippen LogP contribution < -0.4 is 10.9 Å². The van der Waals surface area contributed by atoms with E-state index in [1.54, 1.807) is 19.2 Å². The van der Waals surface area contributed by atoms with Crippen LogP contribution in [0.1, 0.15) is 12.1 Å². The van der Waals surface area contributed by atoms with Gasteiger partial charge in [0.2, 0.25) is 5.91 Å². The van der Waals surface area contributed by atoms with Gasteiger partial charge in [0.25, 0.3) is 5.56 Å². The van der Waals surface area contributed by atoms with Crippen LogP contribution in [-0.4, -0.2) is 53.1 Å². The van der Waals surface area contributed by atoms with Gasteiger partial charge in [0.1, 0.15) is 11.8 Å². The number of carbonyl (C=O) groups is 2. The molecular formula is C16H18N4O4. The van der Waals surface area contributed by atoms with Crippen LogP contribution in [0.15, 0.2) is 29.1 Å². The fraction of sp³-hybridized carbons (Fsp3) is 0.375. The number of rotatable bonds is 5. The van der Waals surface area contributed by atoms with Crippen molar-refractivity contribution in [1.29, 1.82) is 0 Å². The van der Waals surface area contributed by atoms with E-state index in [1.165, 1.54) is 4.90 Å². The Morgan fingerprint density at radius 1 is 1.42 bits per heavy atom. The van der Waals surface area contributed by atoms with Gasteiger partial charge in [-0.05, 0) is 12.1 Å². The minimum atomic E-state index is -0.388. The summed E-state index contributed by atoms with van der Waals surface area (Å²) >= 11 is 0. The first-order valence-electron chi connectivity index (χ1n) is 7.69. The quantitative estimate of drug-likeness (QED) is 0.827. The van der Waals surface area contributed by atoms with E-state index in [0.29, 0.717) is 23.3 Å². The highest BCUT2D eigenvalue weighted by Gasteiger charge is 2.28. The maximum Gasteiger partial charge on any atom is 0.410 e. The third-order valence-electron chi connectivity index (χ3n) is 3.84. The summed E-state index contributed by atoms with van der Waals surface area (Å²) in [7, 11) is 1.64. The number of carbonyl (C=O) groups excluding carboxylic acids is 2. The normalized spacial score (nSPS) is 17.1. The second-order valence-corrected chi connectivity index (χ2v) is 5.72. The molecule has 2 aromatic rings. The SMILES string of the molecule is CN1CC(CNC(=O)CCc2nc3ccccc3[nH]c2=O)OC1=O. The van der Waals surface area contributed by atoms with Crippen molar-refractivity contribution < 1.29 is 14.3 Å². The number of nitrogens with zero attached hydrogens (tertiary/aromatic N) is 2. The van der Waals surface area contributed by atoms with Crippen molar-refractivity contribution in [1.82, 2.24) is 20.2 Å². The summed E-state index contributed by atoms with van der Waals surface area (Å²) in [6.07, 6.45) is -0.337.